The van der Waals surface area contributed by atoms with E-state index in [1.54, 1.807) is 6.92 Å². The van der Waals surface area contributed by atoms with Crippen molar-refractivity contribution in [1.82, 2.24) is 14.8 Å². The molecule has 5 nitrogen and oxygen atoms in total. The molecule has 4 rings (SSSR count). The lowest BCUT2D eigenvalue weighted by Gasteiger charge is -2.49. The zero-order valence-electron chi connectivity index (χ0n) is 14.7. The van der Waals surface area contributed by atoms with Crippen LogP contribution >= 0.6 is 0 Å². The van der Waals surface area contributed by atoms with E-state index in [9.17, 15) is 9.59 Å². The van der Waals surface area contributed by atoms with Gasteiger partial charge in [-0.05, 0) is 44.7 Å². The Bertz CT molecular complexity index is 704. The van der Waals surface area contributed by atoms with Crippen molar-refractivity contribution in [3.05, 3.63) is 29.6 Å². The molecule has 1 aliphatic carbocycles. The highest BCUT2D eigenvalue weighted by Crippen LogP contribution is 2.54. The second-order valence-corrected chi connectivity index (χ2v) is 7.87. The molecule has 3 aliphatic rings. The number of carbonyl (C=O) groups excluding carboxylic acids is 2. The predicted molar refractivity (Wildman–Crippen MR) is 90.5 cm³/mol. The zero-order valence-corrected chi connectivity index (χ0v) is 14.7. The van der Waals surface area contributed by atoms with Crippen LogP contribution in [0.4, 0.5) is 0 Å². The van der Waals surface area contributed by atoms with E-state index in [2.05, 4.69) is 16.8 Å². The quantitative estimate of drug-likeness (QED) is 0.796. The van der Waals surface area contributed by atoms with Crippen molar-refractivity contribution in [3.8, 4) is 0 Å². The Morgan fingerprint density at radius 2 is 2.00 bits per heavy atom. The molecule has 5 heteroatoms. The van der Waals surface area contributed by atoms with Crippen LogP contribution in [-0.4, -0.2) is 51.3 Å². The maximum atomic E-state index is 13.2. The maximum absolute atomic E-state index is 13.2. The van der Waals surface area contributed by atoms with Gasteiger partial charge < -0.3 is 9.80 Å². The highest BCUT2D eigenvalue weighted by molar-refractivity contribution is 5.93. The summed E-state index contributed by atoms with van der Waals surface area (Å²) in [7, 11) is 0. The fourth-order valence-corrected chi connectivity index (χ4v) is 5.44. The molecule has 0 N–H and O–H groups in total. The minimum atomic E-state index is 0.0202. The van der Waals surface area contributed by atoms with Crippen LogP contribution in [0.25, 0.3) is 0 Å². The Kier molecular flexibility index (Phi) is 3.44. The van der Waals surface area contributed by atoms with E-state index in [4.69, 9.17) is 0 Å². The number of piperidine rings is 1. The summed E-state index contributed by atoms with van der Waals surface area (Å²) < 4.78 is 0. The molecule has 3 heterocycles. The molecule has 4 atom stereocenters. The highest BCUT2D eigenvalue weighted by Gasteiger charge is 2.61. The molecular formula is C19H25N3O2. The Morgan fingerprint density at radius 1 is 1.25 bits per heavy atom. The minimum Gasteiger partial charge on any atom is -0.337 e. The second-order valence-electron chi connectivity index (χ2n) is 7.87. The smallest absolute Gasteiger partial charge is 0.273 e. The number of likely N-dealkylation sites (tertiary alicyclic amines) is 2. The molecule has 128 valence electrons. The van der Waals surface area contributed by atoms with E-state index in [0.717, 1.165) is 31.4 Å². The number of carbonyl (C=O) groups is 2. The van der Waals surface area contributed by atoms with Crippen LogP contribution in [0, 0.1) is 12.3 Å². The molecule has 1 aromatic rings. The molecule has 2 bridgehead atoms. The van der Waals surface area contributed by atoms with Gasteiger partial charge in [0.25, 0.3) is 5.91 Å². The number of rotatable bonds is 1. The van der Waals surface area contributed by atoms with E-state index in [1.165, 1.54) is 0 Å². The van der Waals surface area contributed by atoms with Crippen LogP contribution in [0.3, 0.4) is 0 Å². The average molecular weight is 327 g/mol. The molecule has 1 saturated carbocycles. The van der Waals surface area contributed by atoms with Crippen LogP contribution < -0.4 is 0 Å². The van der Waals surface area contributed by atoms with Crippen molar-refractivity contribution in [3.63, 3.8) is 0 Å². The van der Waals surface area contributed by atoms with Gasteiger partial charge in [0, 0.05) is 36.7 Å². The number of aromatic nitrogens is 1. The van der Waals surface area contributed by atoms with Gasteiger partial charge in [0.1, 0.15) is 5.69 Å². The standard InChI is InChI=1S/C19H25N3O2/c1-12-6-4-7-15(20-12)18(24)22-14-10-19(3)16(8-5-9-17(19)22)21(11-14)13(2)23/h4,6-7,14,16-17H,5,8-11H2,1-3H3/t14-,16+,17-,19+/m0/s1. The van der Waals surface area contributed by atoms with Crippen molar-refractivity contribution in [2.24, 2.45) is 5.41 Å². The molecule has 0 aromatic carbocycles. The van der Waals surface area contributed by atoms with Gasteiger partial charge in [0.2, 0.25) is 5.91 Å². The molecule has 2 aliphatic heterocycles. The van der Waals surface area contributed by atoms with Gasteiger partial charge in [-0.15, -0.1) is 0 Å². The second kappa shape index (κ2) is 5.30. The minimum absolute atomic E-state index is 0.0202. The van der Waals surface area contributed by atoms with E-state index in [1.807, 2.05) is 30.0 Å². The first kappa shape index (κ1) is 15.6. The van der Waals surface area contributed by atoms with E-state index in [0.29, 0.717) is 12.2 Å². The third-order valence-corrected chi connectivity index (χ3v) is 6.41. The lowest BCUT2D eigenvalue weighted by molar-refractivity contribution is -0.137. The SMILES string of the molecule is CC(=O)N1C[C@@H]2C[C@@]3(C)[C@H](CCC[C@@H]13)N2C(=O)c1cccc(C)n1. The average Bonchev–Trinajstić information content (AvgIpc) is 2.83. The van der Waals surface area contributed by atoms with Crippen LogP contribution in [0.2, 0.25) is 0 Å². The normalized spacial score (nSPS) is 34.4. The van der Waals surface area contributed by atoms with Crippen molar-refractivity contribution >= 4 is 11.8 Å². The number of aryl methyl sites for hydroxylation is 1. The number of hydrogen-bond donors (Lipinski definition) is 0. The summed E-state index contributed by atoms with van der Waals surface area (Å²) in [4.78, 5) is 33.9. The monoisotopic (exact) mass is 327 g/mol. The first-order valence-corrected chi connectivity index (χ1v) is 8.95. The number of fused-ring (bicyclic) bond motifs is 1. The molecule has 2 saturated heterocycles. The van der Waals surface area contributed by atoms with Crippen molar-refractivity contribution in [2.75, 3.05) is 6.54 Å². The van der Waals surface area contributed by atoms with Crippen LogP contribution in [-0.2, 0) is 4.79 Å². The molecule has 0 spiro atoms. The summed E-state index contributed by atoms with van der Waals surface area (Å²) in [5.41, 5.74) is 1.41. The number of hydrogen-bond acceptors (Lipinski definition) is 3. The highest BCUT2D eigenvalue weighted by atomic mass is 16.2. The Hall–Kier alpha value is -1.91. The van der Waals surface area contributed by atoms with Gasteiger partial charge in [0.15, 0.2) is 0 Å². The molecule has 24 heavy (non-hydrogen) atoms. The predicted octanol–water partition coefficient (Wildman–Crippen LogP) is 2.39. The first-order chi connectivity index (χ1) is 11.4. The Labute approximate surface area is 143 Å². The molecule has 3 fully saturated rings. The summed E-state index contributed by atoms with van der Waals surface area (Å²) >= 11 is 0. The number of pyridine rings is 1. The van der Waals surface area contributed by atoms with Crippen molar-refractivity contribution in [1.29, 1.82) is 0 Å². The fraction of sp³-hybridized carbons (Fsp3) is 0.632. The zero-order chi connectivity index (χ0) is 17.1. The van der Waals surface area contributed by atoms with E-state index in [-0.39, 0.29) is 35.4 Å². The maximum Gasteiger partial charge on any atom is 0.273 e. The molecule has 1 aromatic heterocycles. The lowest BCUT2D eigenvalue weighted by atomic mass is 9.66. The molecule has 2 amide bonds. The topological polar surface area (TPSA) is 53.5 Å². The van der Waals surface area contributed by atoms with Gasteiger partial charge in [0.05, 0.1) is 6.04 Å². The van der Waals surface area contributed by atoms with Gasteiger partial charge in [-0.1, -0.05) is 13.0 Å². The van der Waals surface area contributed by atoms with Gasteiger partial charge in [-0.25, -0.2) is 4.98 Å². The third-order valence-electron chi connectivity index (χ3n) is 6.41. The number of amides is 2. The van der Waals surface area contributed by atoms with Gasteiger partial charge in [-0.2, -0.15) is 0 Å². The summed E-state index contributed by atoms with van der Waals surface area (Å²) in [6.07, 6.45) is 4.17. The molecule has 0 radical (unpaired) electrons. The van der Waals surface area contributed by atoms with E-state index >= 15 is 0 Å². The lowest BCUT2D eigenvalue weighted by Crippen LogP contribution is -2.57. The third kappa shape index (κ3) is 2.10. The van der Waals surface area contributed by atoms with Gasteiger partial charge >= 0.3 is 0 Å². The fourth-order valence-electron chi connectivity index (χ4n) is 5.44. The van der Waals surface area contributed by atoms with Crippen LogP contribution in [0.15, 0.2) is 18.2 Å². The van der Waals surface area contributed by atoms with Crippen molar-refractivity contribution in [2.45, 2.75) is 64.6 Å². The summed E-state index contributed by atoms with van der Waals surface area (Å²) in [6.45, 7) is 6.52. The molecular weight excluding hydrogens is 302 g/mol. The van der Waals surface area contributed by atoms with Crippen molar-refractivity contribution < 1.29 is 9.59 Å². The summed E-state index contributed by atoms with van der Waals surface area (Å²) in [5, 5.41) is 0. The largest absolute Gasteiger partial charge is 0.337 e. The van der Waals surface area contributed by atoms with Crippen LogP contribution in [0.1, 0.15) is 55.7 Å². The molecule has 0 unspecified atom stereocenters. The first-order valence-electron chi connectivity index (χ1n) is 8.95. The van der Waals surface area contributed by atoms with Gasteiger partial charge in [-0.3, -0.25) is 9.59 Å². The summed E-state index contributed by atoms with van der Waals surface area (Å²) in [6, 6.07) is 6.23. The van der Waals surface area contributed by atoms with Crippen LogP contribution in [0.5, 0.6) is 0 Å². The number of nitrogens with zero attached hydrogens (tertiary/aromatic N) is 3. The summed E-state index contributed by atoms with van der Waals surface area (Å²) in [5.74, 6) is 0.169. The Morgan fingerprint density at radius 3 is 2.71 bits per heavy atom. The van der Waals surface area contributed by atoms with E-state index < -0.39 is 0 Å². The Balaban J connectivity index is 1.73.